The predicted molar refractivity (Wildman–Crippen MR) is 121 cm³/mol. The summed E-state index contributed by atoms with van der Waals surface area (Å²) in [6, 6.07) is 4.67. The van der Waals surface area contributed by atoms with Crippen molar-refractivity contribution in [2.75, 3.05) is 11.0 Å². The molecule has 174 valence electrons. The van der Waals surface area contributed by atoms with Crippen LogP contribution < -0.4 is 10.5 Å². The molecule has 1 aromatic heterocycles. The van der Waals surface area contributed by atoms with Gasteiger partial charge < -0.3 is 10.8 Å². The number of aryl methyl sites for hydroxylation is 2. The maximum atomic E-state index is 15.1. The molecule has 2 aromatic rings. The van der Waals surface area contributed by atoms with Gasteiger partial charge in [0.1, 0.15) is 11.4 Å². The van der Waals surface area contributed by atoms with Crippen LogP contribution in [0.3, 0.4) is 0 Å². The predicted octanol–water partition coefficient (Wildman–Crippen LogP) is 2.87. The summed E-state index contributed by atoms with van der Waals surface area (Å²) in [6.45, 7) is 6.78. The van der Waals surface area contributed by atoms with E-state index in [9.17, 15) is 18.3 Å². The lowest BCUT2D eigenvalue weighted by atomic mass is 9.81. The van der Waals surface area contributed by atoms with E-state index in [1.807, 2.05) is 13.0 Å². The van der Waals surface area contributed by atoms with Crippen LogP contribution in [0.25, 0.3) is 0 Å². The molecule has 0 saturated heterocycles. The number of benzene rings is 1. The lowest BCUT2D eigenvalue weighted by Gasteiger charge is -2.29. The second kappa shape index (κ2) is 8.44. The van der Waals surface area contributed by atoms with E-state index in [4.69, 9.17) is 10.7 Å². The minimum atomic E-state index is -3.55. The number of hydrogen-bond donors (Lipinski definition) is 3. The number of fused-ring (bicyclic) bond motifs is 1. The number of primary amides is 1. The molecule has 9 heteroatoms. The Morgan fingerprint density at radius 1 is 1.31 bits per heavy atom. The fraction of sp³-hybridized carbons (Fsp3) is 0.478. The number of rotatable bonds is 6. The number of nitrogens with two attached hydrogens (primary N) is 1. The third-order valence-corrected chi connectivity index (χ3v) is 6.56. The van der Waals surface area contributed by atoms with Gasteiger partial charge in [0.05, 0.1) is 17.6 Å². The van der Waals surface area contributed by atoms with Crippen molar-refractivity contribution >= 4 is 21.6 Å². The molecule has 0 aliphatic heterocycles. The highest BCUT2D eigenvalue weighted by Crippen LogP contribution is 2.37. The number of carbonyl (C=O) groups excluding carboxylic acids is 1. The van der Waals surface area contributed by atoms with Gasteiger partial charge in [-0.15, -0.1) is 0 Å². The van der Waals surface area contributed by atoms with E-state index in [1.54, 1.807) is 26.8 Å². The molecule has 1 unspecified atom stereocenters. The van der Waals surface area contributed by atoms with Crippen molar-refractivity contribution in [2.24, 2.45) is 11.7 Å². The summed E-state index contributed by atoms with van der Waals surface area (Å²) in [5, 5.41) is 10.8. The van der Waals surface area contributed by atoms with Gasteiger partial charge in [0.25, 0.3) is 0 Å². The zero-order valence-corrected chi connectivity index (χ0v) is 19.8. The number of nitrogens with zero attached hydrogens (tertiary/aromatic N) is 1. The molecule has 2 atom stereocenters. The van der Waals surface area contributed by atoms with Gasteiger partial charge in [-0.25, -0.2) is 12.8 Å². The second-order valence-electron chi connectivity index (χ2n) is 9.22. The Morgan fingerprint density at radius 2 is 1.97 bits per heavy atom. The van der Waals surface area contributed by atoms with E-state index in [1.165, 1.54) is 6.07 Å². The number of nitrogens with one attached hydrogen (secondary N) is 1. The number of aromatic nitrogens is 1. The van der Waals surface area contributed by atoms with E-state index >= 15 is 4.39 Å². The smallest absolute Gasteiger partial charge is 0.229 e. The van der Waals surface area contributed by atoms with Crippen LogP contribution in [0, 0.1) is 18.7 Å². The van der Waals surface area contributed by atoms with Crippen LogP contribution >= 0.6 is 0 Å². The van der Waals surface area contributed by atoms with E-state index in [2.05, 4.69) is 4.72 Å². The van der Waals surface area contributed by atoms with Crippen molar-refractivity contribution in [3.05, 3.63) is 57.7 Å². The first kappa shape index (κ1) is 24.1. The Morgan fingerprint density at radius 3 is 2.53 bits per heavy atom. The van der Waals surface area contributed by atoms with E-state index in [-0.39, 0.29) is 17.5 Å². The summed E-state index contributed by atoms with van der Waals surface area (Å²) in [5.41, 5.74) is 8.16. The summed E-state index contributed by atoms with van der Waals surface area (Å²) < 4.78 is 40.6. The molecule has 0 fully saturated rings. The molecule has 0 saturated carbocycles. The number of sulfonamides is 1. The van der Waals surface area contributed by atoms with Gasteiger partial charge in [0.15, 0.2) is 0 Å². The first-order valence-corrected chi connectivity index (χ1v) is 12.4. The largest absolute Gasteiger partial charge is 0.384 e. The van der Waals surface area contributed by atoms with Gasteiger partial charge in [-0.05, 0) is 68.4 Å². The number of pyridine rings is 1. The van der Waals surface area contributed by atoms with Crippen molar-refractivity contribution in [2.45, 2.75) is 58.5 Å². The third kappa shape index (κ3) is 5.10. The summed E-state index contributed by atoms with van der Waals surface area (Å²) in [5.74, 6) is -1.67. The number of aliphatic hydroxyl groups is 1. The number of carbonyl (C=O) groups is 1. The monoisotopic (exact) mass is 463 g/mol. The average Bonchev–Trinajstić information content (AvgIpc) is 2.66. The van der Waals surface area contributed by atoms with E-state index < -0.39 is 27.4 Å². The Hall–Kier alpha value is -2.52. The van der Waals surface area contributed by atoms with Gasteiger partial charge in [0.2, 0.25) is 15.9 Å². The van der Waals surface area contributed by atoms with Crippen LogP contribution in [0.5, 0.6) is 0 Å². The van der Waals surface area contributed by atoms with Gasteiger partial charge in [0, 0.05) is 17.5 Å². The first-order valence-electron chi connectivity index (χ1n) is 10.5. The van der Waals surface area contributed by atoms with Crippen molar-refractivity contribution in [3.8, 4) is 0 Å². The highest BCUT2D eigenvalue weighted by molar-refractivity contribution is 7.92. The number of hydrogen-bond acceptors (Lipinski definition) is 5. The first-order chi connectivity index (χ1) is 14.7. The molecule has 0 radical (unpaired) electrons. The third-order valence-electron chi connectivity index (χ3n) is 5.97. The molecule has 1 amide bonds. The highest BCUT2D eigenvalue weighted by Gasteiger charge is 2.31. The molecular formula is C23H30FN3O4S. The average molecular weight is 464 g/mol. The summed E-state index contributed by atoms with van der Waals surface area (Å²) in [7, 11) is -3.55. The maximum Gasteiger partial charge on any atom is 0.229 e. The van der Waals surface area contributed by atoms with E-state index in [0.29, 0.717) is 41.6 Å². The second-order valence-corrected chi connectivity index (χ2v) is 11.0. The normalized spacial score (nSPS) is 17.5. The van der Waals surface area contributed by atoms with Crippen LogP contribution in [0.15, 0.2) is 18.2 Å². The molecular weight excluding hydrogens is 433 g/mol. The van der Waals surface area contributed by atoms with Crippen LogP contribution in [-0.4, -0.2) is 30.7 Å². The minimum absolute atomic E-state index is 0.177. The molecule has 3 rings (SSSR count). The Kier molecular flexibility index (Phi) is 6.36. The molecule has 7 nitrogen and oxygen atoms in total. The molecule has 1 aliphatic carbocycles. The number of anilines is 1. The zero-order chi connectivity index (χ0) is 24.0. The molecule has 0 bridgehead atoms. The lowest BCUT2D eigenvalue weighted by Crippen LogP contribution is -2.30. The quantitative estimate of drug-likeness (QED) is 0.608. The van der Waals surface area contributed by atoms with Crippen LogP contribution in [0.2, 0.25) is 0 Å². The van der Waals surface area contributed by atoms with Crippen molar-refractivity contribution in [3.63, 3.8) is 0 Å². The molecule has 32 heavy (non-hydrogen) atoms. The van der Waals surface area contributed by atoms with Gasteiger partial charge in [-0.1, -0.05) is 19.1 Å². The van der Waals surface area contributed by atoms with Gasteiger partial charge >= 0.3 is 0 Å². The molecule has 1 aromatic carbocycles. The van der Waals surface area contributed by atoms with Crippen molar-refractivity contribution in [1.29, 1.82) is 0 Å². The number of amides is 1. The molecule has 0 spiro atoms. The summed E-state index contributed by atoms with van der Waals surface area (Å²) >= 11 is 0. The Balaban J connectivity index is 2.11. The van der Waals surface area contributed by atoms with Crippen LogP contribution in [-0.2, 0) is 33.3 Å². The molecule has 4 N–H and O–H groups in total. The Bertz CT molecular complexity index is 1170. The van der Waals surface area contributed by atoms with Gasteiger partial charge in [-0.3, -0.25) is 14.5 Å². The van der Waals surface area contributed by atoms with Crippen LogP contribution in [0.1, 0.15) is 66.8 Å². The minimum Gasteiger partial charge on any atom is -0.384 e. The lowest BCUT2D eigenvalue weighted by molar-refractivity contribution is -0.122. The standard InChI is InChI=1S/C23H30FN3O4S/c1-12-8-16(18(24)11-20(12)27-32(5,30)31)13(2)17-10-15-9-14(22(25)28)6-7-19(15)26-21(17)23(3,4)29/h8,10-11,13-14,27,29H,6-7,9H2,1-5H3,(H2,25,28)/t13-,14?/m0/s1. The van der Waals surface area contributed by atoms with E-state index in [0.717, 1.165) is 17.5 Å². The summed E-state index contributed by atoms with van der Waals surface area (Å²) in [6.07, 6.45) is 2.66. The topological polar surface area (TPSA) is 122 Å². The summed E-state index contributed by atoms with van der Waals surface area (Å²) in [4.78, 5) is 16.4. The highest BCUT2D eigenvalue weighted by atomic mass is 32.2. The van der Waals surface area contributed by atoms with Gasteiger partial charge in [-0.2, -0.15) is 0 Å². The maximum absolute atomic E-state index is 15.1. The fourth-order valence-electron chi connectivity index (χ4n) is 4.26. The Labute approximate surface area is 188 Å². The van der Waals surface area contributed by atoms with Crippen molar-refractivity contribution in [1.82, 2.24) is 4.98 Å². The van der Waals surface area contributed by atoms with Crippen LogP contribution in [0.4, 0.5) is 10.1 Å². The number of halogens is 1. The van der Waals surface area contributed by atoms with Crippen molar-refractivity contribution < 1.29 is 22.7 Å². The fourth-order valence-corrected chi connectivity index (χ4v) is 4.88. The molecule has 1 aliphatic rings. The zero-order valence-electron chi connectivity index (χ0n) is 19.0. The molecule has 1 heterocycles. The SMILES string of the molecule is Cc1cc([C@H](C)c2cc3c(nc2C(C)(C)O)CCC(C(N)=O)C3)c(F)cc1NS(C)(=O)=O.